The van der Waals surface area contributed by atoms with Crippen molar-refractivity contribution in [3.63, 3.8) is 0 Å². The van der Waals surface area contributed by atoms with Crippen LogP contribution >= 0.6 is 33.9 Å². The lowest BCUT2D eigenvalue weighted by molar-refractivity contribution is 0.426. The Labute approximate surface area is 93.3 Å². The number of hydrogen-bond acceptors (Lipinski definition) is 4. The maximum absolute atomic E-state index is 5.09. The fraction of sp³-hybridized carbons (Fsp3) is 0.250. The zero-order valence-corrected chi connectivity index (χ0v) is 10.1. The van der Waals surface area contributed by atoms with E-state index >= 15 is 0 Å². The van der Waals surface area contributed by atoms with Crippen LogP contribution in [-0.4, -0.2) is 10.1 Å². The van der Waals surface area contributed by atoms with Gasteiger partial charge in [-0.3, -0.25) is 0 Å². The molecule has 0 aromatic carbocycles. The smallest absolute Gasteiger partial charge is 0.269 e. The summed E-state index contributed by atoms with van der Waals surface area (Å²) in [5.74, 6) is 1.30. The Morgan fingerprint density at radius 1 is 1.46 bits per heavy atom. The first-order chi connectivity index (χ1) is 6.18. The molecular formula is C8H7IN2OS. The summed E-state index contributed by atoms with van der Waals surface area (Å²) in [5.41, 5.74) is 1.26. The molecule has 3 nitrogen and oxygen atoms in total. The van der Waals surface area contributed by atoms with E-state index in [4.69, 9.17) is 4.52 Å². The third kappa shape index (κ3) is 1.62. The van der Waals surface area contributed by atoms with E-state index in [1.165, 1.54) is 9.13 Å². The van der Waals surface area contributed by atoms with E-state index in [1.54, 1.807) is 11.3 Å². The lowest BCUT2D eigenvalue weighted by atomic mass is 10.3. The molecule has 0 atom stereocenters. The van der Waals surface area contributed by atoms with Crippen molar-refractivity contribution in [2.75, 3.05) is 0 Å². The number of aromatic nitrogens is 2. The molecule has 0 amide bonds. The number of rotatable bonds is 1. The summed E-state index contributed by atoms with van der Waals surface area (Å²) in [6, 6.07) is 0. The van der Waals surface area contributed by atoms with Crippen LogP contribution in [0.3, 0.4) is 0 Å². The Kier molecular flexibility index (Phi) is 2.37. The Morgan fingerprint density at radius 3 is 2.69 bits per heavy atom. The van der Waals surface area contributed by atoms with E-state index in [1.807, 2.05) is 6.92 Å². The summed E-state index contributed by atoms with van der Waals surface area (Å²) in [4.78, 5) is 5.25. The zero-order chi connectivity index (χ0) is 9.42. The average molecular weight is 306 g/mol. The summed E-state index contributed by atoms with van der Waals surface area (Å²) in [6.07, 6.45) is 0. The SMILES string of the molecule is Cc1noc(-c2scc(C)c2I)n1. The number of aryl methyl sites for hydroxylation is 2. The Morgan fingerprint density at radius 2 is 2.23 bits per heavy atom. The van der Waals surface area contributed by atoms with Crippen molar-refractivity contribution < 1.29 is 4.52 Å². The highest BCUT2D eigenvalue weighted by molar-refractivity contribution is 14.1. The van der Waals surface area contributed by atoms with Gasteiger partial charge in [-0.05, 0) is 47.4 Å². The summed E-state index contributed by atoms with van der Waals surface area (Å²) in [7, 11) is 0. The molecule has 0 unspecified atom stereocenters. The zero-order valence-electron chi connectivity index (χ0n) is 7.17. The fourth-order valence-corrected chi connectivity index (χ4v) is 2.80. The standard InChI is InChI=1S/C8H7IN2OS/c1-4-3-13-7(6(4)9)8-10-5(2)11-12-8/h3H,1-2H3. The topological polar surface area (TPSA) is 38.9 Å². The maximum atomic E-state index is 5.09. The molecule has 2 rings (SSSR count). The van der Waals surface area contributed by atoms with Crippen LogP contribution in [0.1, 0.15) is 11.4 Å². The molecule has 0 saturated heterocycles. The molecule has 68 valence electrons. The molecule has 0 N–H and O–H groups in total. The molecule has 2 aromatic heterocycles. The largest absolute Gasteiger partial charge is 0.333 e. The highest BCUT2D eigenvalue weighted by Crippen LogP contribution is 2.32. The van der Waals surface area contributed by atoms with Crippen molar-refractivity contribution >= 4 is 33.9 Å². The van der Waals surface area contributed by atoms with Crippen molar-refractivity contribution in [2.45, 2.75) is 13.8 Å². The van der Waals surface area contributed by atoms with Crippen LogP contribution in [0.15, 0.2) is 9.90 Å². The van der Waals surface area contributed by atoms with Crippen molar-refractivity contribution in [3.05, 3.63) is 20.3 Å². The van der Waals surface area contributed by atoms with E-state index in [0.29, 0.717) is 11.7 Å². The molecule has 0 aliphatic rings. The molecule has 0 bridgehead atoms. The molecule has 2 aromatic rings. The summed E-state index contributed by atoms with van der Waals surface area (Å²) >= 11 is 3.93. The number of nitrogens with zero attached hydrogens (tertiary/aromatic N) is 2. The van der Waals surface area contributed by atoms with Crippen LogP contribution < -0.4 is 0 Å². The quantitative estimate of drug-likeness (QED) is 0.760. The van der Waals surface area contributed by atoms with Gasteiger partial charge in [-0.15, -0.1) is 11.3 Å². The number of halogens is 1. The molecule has 0 aliphatic heterocycles. The highest BCUT2D eigenvalue weighted by Gasteiger charge is 2.13. The van der Waals surface area contributed by atoms with Crippen LogP contribution in [0.25, 0.3) is 10.8 Å². The minimum Gasteiger partial charge on any atom is -0.333 e. The molecule has 5 heteroatoms. The van der Waals surface area contributed by atoms with E-state index in [0.717, 1.165) is 4.88 Å². The minimum atomic E-state index is 0.625. The van der Waals surface area contributed by atoms with Gasteiger partial charge in [0.2, 0.25) is 0 Å². The van der Waals surface area contributed by atoms with Crippen LogP contribution in [0.5, 0.6) is 0 Å². The molecule has 0 radical (unpaired) electrons. The Bertz CT molecular complexity index is 435. The summed E-state index contributed by atoms with van der Waals surface area (Å²) < 4.78 is 6.29. The molecule has 0 spiro atoms. The monoisotopic (exact) mass is 306 g/mol. The third-order valence-electron chi connectivity index (χ3n) is 1.62. The summed E-state index contributed by atoms with van der Waals surface area (Å²) in [5, 5.41) is 5.85. The van der Waals surface area contributed by atoms with Gasteiger partial charge in [0.15, 0.2) is 5.82 Å². The second-order valence-electron chi connectivity index (χ2n) is 2.71. The van der Waals surface area contributed by atoms with Gasteiger partial charge < -0.3 is 4.52 Å². The maximum Gasteiger partial charge on any atom is 0.269 e. The van der Waals surface area contributed by atoms with Crippen molar-refractivity contribution in [1.29, 1.82) is 0 Å². The van der Waals surface area contributed by atoms with E-state index in [9.17, 15) is 0 Å². The molecule has 13 heavy (non-hydrogen) atoms. The van der Waals surface area contributed by atoms with Gasteiger partial charge in [-0.25, -0.2) is 0 Å². The molecule has 0 fully saturated rings. The van der Waals surface area contributed by atoms with Gasteiger partial charge >= 0.3 is 0 Å². The average Bonchev–Trinajstić information content (AvgIpc) is 2.62. The van der Waals surface area contributed by atoms with Crippen LogP contribution in [0.2, 0.25) is 0 Å². The first-order valence-electron chi connectivity index (χ1n) is 3.73. The Balaban J connectivity index is 2.52. The normalized spacial score (nSPS) is 10.7. The van der Waals surface area contributed by atoms with Gasteiger partial charge in [-0.1, -0.05) is 5.16 Å². The van der Waals surface area contributed by atoms with E-state index in [2.05, 4.69) is 45.0 Å². The number of thiophene rings is 1. The van der Waals surface area contributed by atoms with E-state index < -0.39 is 0 Å². The van der Waals surface area contributed by atoms with Gasteiger partial charge in [0, 0.05) is 3.57 Å². The van der Waals surface area contributed by atoms with Crippen LogP contribution in [0.4, 0.5) is 0 Å². The fourth-order valence-electron chi connectivity index (χ4n) is 0.963. The van der Waals surface area contributed by atoms with Crippen molar-refractivity contribution in [1.82, 2.24) is 10.1 Å². The summed E-state index contributed by atoms with van der Waals surface area (Å²) in [6.45, 7) is 3.89. The second-order valence-corrected chi connectivity index (χ2v) is 4.67. The predicted octanol–water partition coefficient (Wildman–Crippen LogP) is 3.02. The first kappa shape index (κ1) is 9.14. The third-order valence-corrected chi connectivity index (χ3v) is 4.46. The Hall–Kier alpha value is -0.430. The molecule has 2 heterocycles. The first-order valence-corrected chi connectivity index (χ1v) is 5.68. The van der Waals surface area contributed by atoms with Crippen molar-refractivity contribution in [2.24, 2.45) is 0 Å². The van der Waals surface area contributed by atoms with Gasteiger partial charge in [-0.2, -0.15) is 4.98 Å². The van der Waals surface area contributed by atoms with Crippen molar-refractivity contribution in [3.8, 4) is 10.8 Å². The molecule has 0 aliphatic carbocycles. The second kappa shape index (κ2) is 3.38. The van der Waals surface area contributed by atoms with Crippen LogP contribution in [0, 0.1) is 17.4 Å². The molecular weight excluding hydrogens is 299 g/mol. The highest BCUT2D eigenvalue weighted by atomic mass is 127. The minimum absolute atomic E-state index is 0.625. The van der Waals surface area contributed by atoms with Gasteiger partial charge in [0.25, 0.3) is 5.89 Å². The lowest BCUT2D eigenvalue weighted by Gasteiger charge is -1.89. The lowest BCUT2D eigenvalue weighted by Crippen LogP contribution is -1.77. The van der Waals surface area contributed by atoms with E-state index in [-0.39, 0.29) is 0 Å². The number of hydrogen-bond donors (Lipinski definition) is 0. The van der Waals surface area contributed by atoms with Gasteiger partial charge in [0.1, 0.15) is 4.88 Å². The predicted molar refractivity (Wildman–Crippen MR) is 59.8 cm³/mol. The van der Waals surface area contributed by atoms with Gasteiger partial charge in [0.05, 0.1) is 0 Å². The molecule has 0 saturated carbocycles. The van der Waals surface area contributed by atoms with Crippen LogP contribution in [-0.2, 0) is 0 Å².